The molecule has 0 amide bonds. The first-order chi connectivity index (χ1) is 30.7. The zero-order valence-corrected chi connectivity index (χ0v) is 36.1. The minimum Gasteiger partial charge on any atom is -0.510 e. The number of benzene rings is 8. The Morgan fingerprint density at radius 3 is 1.89 bits per heavy atom. The van der Waals surface area contributed by atoms with Crippen LogP contribution in [0.5, 0.6) is 11.5 Å². The Morgan fingerprint density at radius 2 is 1.11 bits per heavy atom. The van der Waals surface area contributed by atoms with Gasteiger partial charge in [-0.2, -0.15) is 18.2 Å². The summed E-state index contributed by atoms with van der Waals surface area (Å²) in [5, 5.41) is 6.93. The van der Waals surface area contributed by atoms with Crippen LogP contribution in [0.1, 0.15) is 0 Å². The standard InChI is InChI=1S/C55H34N6O.Pt/c1-57-44-25-10-8-23-41(44)50-53(57)51-43-31-30-40(62-39-22-16-21-38(33-39)59-35-58(36-17-4-2-5-18-36)46-27-12-13-28-47(46)59)34-48(43)61(49-29-14-15-32-56-49)55(51)52-42-24-9-11-26-45(42)60(54(50)52)37-19-6-3-7-20-37;/h2-32H,1H3;/q-2;. The maximum Gasteiger partial charge on any atom is 0.268 e. The van der Waals surface area contributed by atoms with Crippen molar-refractivity contribution < 1.29 is 30.4 Å². The van der Waals surface area contributed by atoms with E-state index in [1.165, 1.54) is 16.3 Å². The fraction of sp³-hybridized carbons (Fsp3) is 0.0182. The van der Waals surface area contributed by atoms with Crippen molar-refractivity contribution in [2.45, 2.75) is 0 Å². The number of ether oxygens (including phenoxy) is 1. The smallest absolute Gasteiger partial charge is 0.268 e. The molecular weight excluding hydrogens is 956 g/mol. The van der Waals surface area contributed by atoms with Crippen molar-refractivity contribution in [3.63, 3.8) is 0 Å². The van der Waals surface area contributed by atoms with Gasteiger partial charge in [0, 0.05) is 84.1 Å². The van der Waals surface area contributed by atoms with Crippen molar-refractivity contribution >= 4 is 76.5 Å². The number of aromatic nitrogens is 6. The van der Waals surface area contributed by atoms with E-state index >= 15 is 0 Å². The molecule has 0 aliphatic heterocycles. The Morgan fingerprint density at radius 1 is 0.492 bits per heavy atom. The molecule has 0 unspecified atom stereocenters. The van der Waals surface area contributed by atoms with Crippen molar-refractivity contribution in [3.8, 4) is 34.4 Å². The van der Waals surface area contributed by atoms with Crippen LogP contribution in [0.2, 0.25) is 0 Å². The number of hydrogen-bond acceptors (Lipinski definition) is 2. The number of para-hydroxylation sites is 6. The van der Waals surface area contributed by atoms with Crippen molar-refractivity contribution in [1.29, 1.82) is 0 Å². The van der Waals surface area contributed by atoms with Gasteiger partial charge in [0.2, 0.25) is 0 Å². The fourth-order valence-corrected chi connectivity index (χ4v) is 9.68. The van der Waals surface area contributed by atoms with Crippen molar-refractivity contribution in [2.75, 3.05) is 0 Å². The quantitative estimate of drug-likeness (QED) is 0.123. The maximum absolute atomic E-state index is 6.73. The van der Waals surface area contributed by atoms with Gasteiger partial charge >= 0.3 is 0 Å². The van der Waals surface area contributed by atoms with E-state index in [0.29, 0.717) is 11.5 Å². The van der Waals surface area contributed by atoms with E-state index in [4.69, 9.17) is 9.72 Å². The van der Waals surface area contributed by atoms with Gasteiger partial charge in [-0.1, -0.05) is 114 Å². The third-order valence-corrected chi connectivity index (χ3v) is 12.2. The van der Waals surface area contributed by atoms with Gasteiger partial charge in [-0.05, 0) is 59.6 Å². The summed E-state index contributed by atoms with van der Waals surface area (Å²) in [7, 11) is 2.19. The number of imidazole rings is 1. The number of rotatable bonds is 6. The monoisotopic (exact) mass is 989 g/mol. The van der Waals surface area contributed by atoms with Crippen LogP contribution >= 0.6 is 0 Å². The molecule has 5 heterocycles. The van der Waals surface area contributed by atoms with Crippen LogP contribution in [0.3, 0.4) is 0 Å². The molecule has 63 heavy (non-hydrogen) atoms. The van der Waals surface area contributed by atoms with E-state index < -0.39 is 0 Å². The molecule has 8 heteroatoms. The van der Waals surface area contributed by atoms with Crippen LogP contribution < -0.4 is 9.30 Å². The van der Waals surface area contributed by atoms with Crippen LogP contribution in [0, 0.1) is 18.5 Å². The summed E-state index contributed by atoms with van der Waals surface area (Å²) < 4.78 is 17.9. The Bertz CT molecular complexity index is 3900. The second kappa shape index (κ2) is 14.4. The molecule has 7 nitrogen and oxygen atoms in total. The molecule has 8 aromatic carbocycles. The molecular formula is C55H34N6OPt-2. The van der Waals surface area contributed by atoms with Crippen molar-refractivity contribution in [3.05, 3.63) is 207 Å². The number of aryl methyl sites for hydroxylation is 1. The molecule has 0 aliphatic rings. The number of fused-ring (bicyclic) bond motifs is 13. The molecule has 0 fully saturated rings. The van der Waals surface area contributed by atoms with Gasteiger partial charge in [0.1, 0.15) is 5.82 Å². The second-order valence-electron chi connectivity index (χ2n) is 15.6. The molecule has 5 aromatic heterocycles. The van der Waals surface area contributed by atoms with Gasteiger partial charge in [-0.15, -0.1) is 24.3 Å². The average Bonchev–Trinajstić information content (AvgIpc) is 4.07. The van der Waals surface area contributed by atoms with Gasteiger partial charge in [0.15, 0.2) is 0 Å². The van der Waals surface area contributed by atoms with Gasteiger partial charge < -0.3 is 23.0 Å². The summed E-state index contributed by atoms with van der Waals surface area (Å²) in [5.41, 5.74) is 11.6. The third kappa shape index (κ3) is 5.49. The predicted molar refractivity (Wildman–Crippen MR) is 248 cm³/mol. The topological polar surface area (TPSA) is 45.7 Å². The molecule has 0 aliphatic carbocycles. The summed E-state index contributed by atoms with van der Waals surface area (Å²) in [4.78, 5) is 5.00. The van der Waals surface area contributed by atoms with Crippen LogP contribution in [-0.2, 0) is 28.1 Å². The van der Waals surface area contributed by atoms with Crippen molar-refractivity contribution in [2.24, 2.45) is 7.05 Å². The van der Waals surface area contributed by atoms with Crippen LogP contribution in [0.25, 0.3) is 99.3 Å². The summed E-state index contributed by atoms with van der Waals surface area (Å²) in [5.74, 6) is 1.94. The van der Waals surface area contributed by atoms with E-state index in [9.17, 15) is 0 Å². The van der Waals surface area contributed by atoms with Crippen LogP contribution in [-0.4, -0.2) is 23.3 Å². The first-order valence-corrected chi connectivity index (χ1v) is 20.7. The van der Waals surface area contributed by atoms with E-state index in [1.807, 2.05) is 71.4 Å². The summed E-state index contributed by atoms with van der Waals surface area (Å²) in [6, 6.07) is 70.4. The molecule has 302 valence electrons. The molecule has 0 bridgehead atoms. The van der Waals surface area contributed by atoms with Gasteiger partial charge in [0.25, 0.3) is 6.33 Å². The predicted octanol–water partition coefficient (Wildman–Crippen LogP) is 12.3. The maximum atomic E-state index is 6.73. The van der Waals surface area contributed by atoms with Crippen LogP contribution in [0.15, 0.2) is 188 Å². The molecule has 13 rings (SSSR count). The molecule has 0 saturated carbocycles. The van der Waals surface area contributed by atoms with E-state index in [1.54, 1.807) is 0 Å². The Hall–Kier alpha value is -7.73. The fourth-order valence-electron chi connectivity index (χ4n) is 9.68. The average molecular weight is 990 g/mol. The molecule has 0 saturated heterocycles. The third-order valence-electron chi connectivity index (χ3n) is 12.2. The largest absolute Gasteiger partial charge is 0.510 e. The summed E-state index contributed by atoms with van der Waals surface area (Å²) >= 11 is 0. The number of hydrogen-bond donors (Lipinski definition) is 0. The Balaban J connectivity index is 0.00000421. The summed E-state index contributed by atoms with van der Waals surface area (Å²) in [6.07, 6.45) is 5.43. The van der Waals surface area contributed by atoms with E-state index in [2.05, 4.69) is 165 Å². The minimum atomic E-state index is 0. The zero-order valence-electron chi connectivity index (χ0n) is 33.8. The number of nitrogens with zero attached hydrogens (tertiary/aromatic N) is 6. The minimum absolute atomic E-state index is 0. The molecule has 13 aromatic rings. The molecule has 0 N–H and O–H groups in total. The second-order valence-corrected chi connectivity index (χ2v) is 15.6. The molecule has 0 radical (unpaired) electrons. The SMILES string of the molecule is Cn1c2ccccc2c2c1c1c3ccc(Oc4[c-]c(-[n+]5[c-]n(-c6ccccc6)c6ccccc65)ccc4)[c-]c3n(-c3ccccn3)c1c1c3ccccc3n(-c3ccccc3)c21.[Pt]. The Kier molecular flexibility index (Phi) is 8.50. The van der Waals surface area contributed by atoms with Gasteiger partial charge in [-0.3, -0.25) is 4.57 Å². The van der Waals surface area contributed by atoms with Gasteiger partial charge in [-0.25, -0.2) is 4.98 Å². The Labute approximate surface area is 376 Å². The number of pyridine rings is 1. The normalized spacial score (nSPS) is 11.8. The van der Waals surface area contributed by atoms with Gasteiger partial charge in [0.05, 0.1) is 33.3 Å². The van der Waals surface area contributed by atoms with E-state index in [0.717, 1.165) is 83.0 Å². The molecule has 0 atom stereocenters. The van der Waals surface area contributed by atoms with E-state index in [-0.39, 0.29) is 21.1 Å². The zero-order chi connectivity index (χ0) is 40.9. The molecule has 0 spiro atoms. The van der Waals surface area contributed by atoms with Crippen LogP contribution in [0.4, 0.5) is 0 Å². The van der Waals surface area contributed by atoms with Crippen molar-refractivity contribution in [1.82, 2.24) is 23.3 Å². The first-order valence-electron chi connectivity index (χ1n) is 20.7. The first kappa shape index (κ1) is 37.1. The summed E-state index contributed by atoms with van der Waals surface area (Å²) in [6.45, 7) is 0.